The number of nitrogens with one attached hydrogen (secondary N) is 1. The molecule has 22 heteroatoms. The van der Waals surface area contributed by atoms with Gasteiger partial charge in [0.15, 0.2) is 23.0 Å². The van der Waals surface area contributed by atoms with Crippen LogP contribution < -0.4 is 24.3 Å². The van der Waals surface area contributed by atoms with Gasteiger partial charge in [-0.05, 0) is 67.3 Å². The molecule has 464 valence electrons. The molecular weight excluding hydrogens is 1150 g/mol. The molecule has 4 heterocycles. The Morgan fingerprint density at radius 3 is 1.17 bits per heavy atom. The van der Waals surface area contributed by atoms with Gasteiger partial charge in [0.05, 0.1) is 50.3 Å². The van der Waals surface area contributed by atoms with Gasteiger partial charge in [0.2, 0.25) is 31.9 Å². The maximum absolute atomic E-state index is 14.3. The number of piperazine rings is 4. The minimum atomic E-state index is -4.17. The predicted octanol–water partition coefficient (Wildman–Crippen LogP) is 6.85. The molecule has 0 aliphatic carbocycles. The molecule has 0 unspecified atom stereocenters. The van der Waals surface area contributed by atoms with Gasteiger partial charge in [0, 0.05) is 104 Å². The van der Waals surface area contributed by atoms with Crippen molar-refractivity contribution in [1.82, 2.24) is 38.4 Å². The third kappa shape index (κ3) is 14.9. The largest absolute Gasteiger partial charge is 0.493 e. The van der Waals surface area contributed by atoms with Crippen molar-refractivity contribution in [1.29, 1.82) is 0 Å². The highest BCUT2D eigenvalue weighted by atomic mass is 32.2. The third-order valence-electron chi connectivity index (χ3n) is 16.1. The third-order valence-corrected chi connectivity index (χ3v) is 19.9. The van der Waals surface area contributed by atoms with E-state index < -0.39 is 43.8 Å². The van der Waals surface area contributed by atoms with E-state index >= 15 is 0 Å². The molecule has 87 heavy (non-hydrogen) atoms. The van der Waals surface area contributed by atoms with Crippen molar-refractivity contribution in [3.63, 3.8) is 0 Å². The molecule has 10 rings (SSSR count). The first-order valence-electron chi connectivity index (χ1n) is 29.3. The Morgan fingerprint density at radius 1 is 0.448 bits per heavy atom. The highest BCUT2D eigenvalue weighted by molar-refractivity contribution is 7.89. The summed E-state index contributed by atoms with van der Waals surface area (Å²) < 4.78 is 85.1. The van der Waals surface area contributed by atoms with Crippen LogP contribution in [0.2, 0.25) is 0 Å². The van der Waals surface area contributed by atoms with Crippen molar-refractivity contribution in [3.8, 4) is 23.0 Å². The van der Waals surface area contributed by atoms with E-state index in [9.17, 15) is 31.2 Å². The normalized spacial score (nSPS) is 18.6. The molecule has 3 amide bonds. The van der Waals surface area contributed by atoms with Crippen LogP contribution in [0.1, 0.15) is 55.1 Å². The number of hydrogen-bond acceptors (Lipinski definition) is 15. The minimum Gasteiger partial charge on any atom is -0.493 e. The Morgan fingerprint density at radius 2 is 0.805 bits per heavy atom. The highest BCUT2D eigenvalue weighted by Gasteiger charge is 2.45. The van der Waals surface area contributed by atoms with Crippen LogP contribution in [0.15, 0.2) is 168 Å². The second kappa shape index (κ2) is 28.5. The van der Waals surface area contributed by atoms with Crippen LogP contribution in [-0.4, -0.2) is 206 Å². The van der Waals surface area contributed by atoms with Crippen LogP contribution in [0.4, 0.5) is 4.79 Å². The number of rotatable bonds is 16. The van der Waals surface area contributed by atoms with E-state index in [0.717, 1.165) is 11.1 Å². The molecule has 2 atom stereocenters. The van der Waals surface area contributed by atoms with Crippen molar-refractivity contribution < 1.29 is 54.9 Å². The number of sulfonamides is 2. The van der Waals surface area contributed by atoms with Crippen molar-refractivity contribution in [2.75, 3.05) is 120 Å². The lowest BCUT2D eigenvalue weighted by atomic mass is 9.96. The number of hydrogen-bond donors (Lipinski definition) is 1. The van der Waals surface area contributed by atoms with E-state index in [1.807, 2.05) is 48.5 Å². The van der Waals surface area contributed by atoms with Crippen molar-refractivity contribution in [3.05, 3.63) is 180 Å². The Balaban J connectivity index is 0.000000210. The molecule has 0 saturated carbocycles. The van der Waals surface area contributed by atoms with Gasteiger partial charge >= 0.3 is 6.09 Å². The average Bonchev–Trinajstić information content (AvgIpc) is 1.25. The fourth-order valence-electron chi connectivity index (χ4n) is 11.7. The Bertz CT molecular complexity index is 3420. The smallest absolute Gasteiger partial charge is 0.410 e. The monoisotopic (exact) mass is 1230 g/mol. The Kier molecular flexibility index (Phi) is 20.9. The van der Waals surface area contributed by atoms with Crippen molar-refractivity contribution in [2.45, 2.75) is 60.3 Å². The van der Waals surface area contributed by atoms with E-state index in [-0.39, 0.29) is 72.2 Å². The molecule has 6 aromatic carbocycles. The zero-order valence-electron chi connectivity index (χ0n) is 50.6. The molecule has 4 saturated heterocycles. The van der Waals surface area contributed by atoms with E-state index in [2.05, 4.69) is 87.9 Å². The van der Waals surface area contributed by atoms with Crippen molar-refractivity contribution >= 4 is 38.0 Å². The van der Waals surface area contributed by atoms with Crippen LogP contribution >= 0.6 is 0 Å². The fourth-order valence-corrected chi connectivity index (χ4v) is 14.9. The summed E-state index contributed by atoms with van der Waals surface area (Å²) >= 11 is 0. The van der Waals surface area contributed by atoms with Crippen molar-refractivity contribution in [2.24, 2.45) is 0 Å². The molecule has 0 bridgehead atoms. The summed E-state index contributed by atoms with van der Waals surface area (Å²) in [6.45, 7) is 10.5. The number of benzene rings is 6. The SMILES string of the molecule is COc1ccc(S(=O)(=O)N2CCN(C(=O)OC(C)(C)C)C[C@H]2C(=O)N2CCN(C(c3ccccc3)c3ccccc3)CC2)cc1OC.COc1ccc(S(=O)(=O)N2CCNC[C@H]2C(=O)N2CCN(C(c3ccccc3)c3ccccc3)CC2)cc1OC. The van der Waals surface area contributed by atoms with Gasteiger partial charge in [0.1, 0.15) is 17.7 Å². The van der Waals surface area contributed by atoms with Gasteiger partial charge in [-0.25, -0.2) is 21.6 Å². The molecule has 1 N–H and O–H groups in total. The molecular formula is C65H80N8O12S2. The molecule has 0 radical (unpaired) electrons. The highest BCUT2D eigenvalue weighted by Crippen LogP contribution is 2.36. The maximum atomic E-state index is 14.3. The number of carbonyl (C=O) groups is 3. The first-order chi connectivity index (χ1) is 41.9. The topological polar surface area (TPSA) is 200 Å². The van der Waals surface area contributed by atoms with E-state index in [4.69, 9.17) is 23.7 Å². The molecule has 4 aliphatic heterocycles. The standard InChI is InChI=1S/C35H44N4O7S.C30H36N4O5S/c1-35(2,3)46-34(41)38-22-23-39(47(42,43)28-16-17-30(44-4)31(24-28)45-5)29(25-38)33(40)37-20-18-36(19-21-37)32(26-12-8-6-9-13-26)27-14-10-7-11-15-27;1-38-27-14-13-25(21-28(27)39-2)40(36,37)34-16-15-31-22-26(34)30(35)33-19-17-32(18-20-33)29(23-9-5-3-6-10-23)24-11-7-4-8-12-24/h6-17,24,29,32H,18-23,25H2,1-5H3;3-14,21,26,29,31H,15-20,22H2,1-2H3/t29-;26-/m00/s1. The minimum absolute atomic E-state index is 0.00826. The summed E-state index contributed by atoms with van der Waals surface area (Å²) in [5.41, 5.74) is 3.98. The summed E-state index contributed by atoms with van der Waals surface area (Å²) in [7, 11) is -2.26. The van der Waals surface area contributed by atoms with E-state index in [1.165, 1.54) is 83.4 Å². The number of amides is 3. The van der Waals surface area contributed by atoms with Gasteiger partial charge < -0.3 is 43.7 Å². The van der Waals surface area contributed by atoms with E-state index in [0.29, 0.717) is 76.2 Å². The fraction of sp³-hybridized carbons (Fsp3) is 0.400. The lowest BCUT2D eigenvalue weighted by Crippen LogP contribution is -2.63. The summed E-state index contributed by atoms with van der Waals surface area (Å²) in [6.07, 6.45) is -0.586. The van der Waals surface area contributed by atoms with Crippen LogP contribution in [0.25, 0.3) is 0 Å². The zero-order valence-corrected chi connectivity index (χ0v) is 52.2. The van der Waals surface area contributed by atoms with Gasteiger partial charge in [0.25, 0.3) is 0 Å². The maximum Gasteiger partial charge on any atom is 0.410 e. The van der Waals surface area contributed by atoms with Crippen LogP contribution in [0.3, 0.4) is 0 Å². The predicted molar refractivity (Wildman–Crippen MR) is 331 cm³/mol. The lowest BCUT2D eigenvalue weighted by molar-refractivity contribution is -0.139. The summed E-state index contributed by atoms with van der Waals surface area (Å²) in [5, 5.41) is 3.21. The number of ether oxygens (including phenoxy) is 5. The summed E-state index contributed by atoms with van der Waals surface area (Å²) in [4.78, 5) is 50.9. The van der Waals surface area contributed by atoms with Gasteiger partial charge in [-0.2, -0.15) is 8.61 Å². The van der Waals surface area contributed by atoms with Crippen LogP contribution in [-0.2, 0) is 34.4 Å². The summed E-state index contributed by atoms with van der Waals surface area (Å²) in [5.74, 6) is 0.882. The quantitative estimate of drug-likeness (QED) is 0.105. The molecule has 4 fully saturated rings. The van der Waals surface area contributed by atoms with Gasteiger partial charge in [-0.1, -0.05) is 121 Å². The average molecular weight is 1230 g/mol. The number of methoxy groups -OCH3 is 4. The van der Waals surface area contributed by atoms with Gasteiger partial charge in [-0.15, -0.1) is 0 Å². The first kappa shape index (κ1) is 63.9. The Labute approximate surface area is 512 Å². The van der Waals surface area contributed by atoms with Crippen LogP contribution in [0, 0.1) is 0 Å². The van der Waals surface area contributed by atoms with Gasteiger partial charge in [-0.3, -0.25) is 19.4 Å². The second-order valence-corrected chi connectivity index (χ2v) is 26.4. The number of carbonyl (C=O) groups excluding carboxylic acids is 3. The molecule has 6 aromatic rings. The number of nitrogens with zero attached hydrogens (tertiary/aromatic N) is 7. The molecule has 4 aliphatic rings. The molecule has 0 spiro atoms. The second-order valence-electron chi connectivity index (χ2n) is 22.6. The molecule has 20 nitrogen and oxygen atoms in total. The van der Waals surface area contributed by atoms with E-state index in [1.54, 1.807) is 36.6 Å². The van der Waals surface area contributed by atoms with Crippen LogP contribution in [0.5, 0.6) is 23.0 Å². The zero-order chi connectivity index (χ0) is 61.9. The molecule has 0 aromatic heterocycles. The summed E-state index contributed by atoms with van der Waals surface area (Å²) in [6, 6.07) is 48.3. The first-order valence-corrected chi connectivity index (χ1v) is 32.2. The Hall–Kier alpha value is -7.57. The lowest BCUT2D eigenvalue weighted by Gasteiger charge is -2.44.